The molecule has 17 heavy (non-hydrogen) atoms. The van der Waals surface area contributed by atoms with Gasteiger partial charge in [0.25, 0.3) is 0 Å². The summed E-state index contributed by atoms with van der Waals surface area (Å²) in [7, 11) is 0. The van der Waals surface area contributed by atoms with Gasteiger partial charge < -0.3 is 5.32 Å². The number of anilines is 1. The quantitative estimate of drug-likeness (QED) is 0.842. The molecule has 2 aromatic rings. The summed E-state index contributed by atoms with van der Waals surface area (Å²) in [6, 6.07) is 12.1. The molecule has 1 aromatic carbocycles. The molecule has 0 amide bonds. The lowest BCUT2D eigenvalue weighted by molar-refractivity contribution is 0.801. The van der Waals surface area contributed by atoms with E-state index in [1.54, 1.807) is 6.07 Å². The number of benzene rings is 1. The van der Waals surface area contributed by atoms with E-state index in [-0.39, 0.29) is 0 Å². The fraction of sp³-hybridized carbons (Fsp3) is 0.231. The zero-order valence-corrected chi connectivity index (χ0v) is 10.4. The van der Waals surface area contributed by atoms with Crippen LogP contribution in [0.1, 0.15) is 18.4 Å². The third kappa shape index (κ3) is 3.43. The highest BCUT2D eigenvalue weighted by atomic mass is 35.5. The molecule has 1 aromatic heterocycles. The first-order valence-corrected chi connectivity index (χ1v) is 5.90. The number of nitrogens with zero attached hydrogens (tertiary/aromatic N) is 2. The molecule has 0 bridgehead atoms. The lowest BCUT2D eigenvalue weighted by Gasteiger charge is -2.13. The van der Waals surface area contributed by atoms with Crippen LogP contribution in [-0.4, -0.2) is 16.5 Å². The maximum atomic E-state index is 5.79. The second-order valence-corrected chi connectivity index (χ2v) is 4.31. The van der Waals surface area contributed by atoms with Crippen LogP contribution < -0.4 is 5.32 Å². The minimum Gasteiger partial charge on any atom is -0.369 e. The van der Waals surface area contributed by atoms with E-state index < -0.39 is 0 Å². The summed E-state index contributed by atoms with van der Waals surface area (Å²) in [5, 5.41) is 3.70. The van der Waals surface area contributed by atoms with Crippen LogP contribution in [0.2, 0.25) is 5.15 Å². The highest BCUT2D eigenvalue weighted by molar-refractivity contribution is 6.29. The Kier molecular flexibility index (Phi) is 3.94. The topological polar surface area (TPSA) is 37.8 Å². The third-order valence-electron chi connectivity index (χ3n) is 2.59. The molecule has 1 atom stereocenters. The molecule has 1 unspecified atom stereocenters. The van der Waals surface area contributed by atoms with E-state index in [1.165, 1.54) is 11.9 Å². The Bertz CT molecular complexity index is 473. The fourth-order valence-electron chi connectivity index (χ4n) is 1.59. The average Bonchev–Trinajstić information content (AvgIpc) is 2.37. The highest BCUT2D eigenvalue weighted by Gasteiger charge is 2.05. The number of hydrogen-bond acceptors (Lipinski definition) is 3. The van der Waals surface area contributed by atoms with Crippen LogP contribution in [-0.2, 0) is 0 Å². The Morgan fingerprint density at radius 1 is 1.24 bits per heavy atom. The van der Waals surface area contributed by atoms with E-state index in [2.05, 4.69) is 34.3 Å². The molecule has 88 valence electrons. The van der Waals surface area contributed by atoms with Gasteiger partial charge in [0, 0.05) is 12.6 Å². The molecule has 0 aliphatic rings. The maximum absolute atomic E-state index is 5.79. The standard InChI is InChI=1S/C13H14ClN3/c1-10(11-5-3-2-4-6-11)8-15-13-7-12(14)16-9-17-13/h2-7,9-10H,8H2,1H3,(H,15,16,17). The molecular formula is C13H14ClN3. The lowest BCUT2D eigenvalue weighted by Crippen LogP contribution is -2.10. The van der Waals surface area contributed by atoms with Gasteiger partial charge >= 0.3 is 0 Å². The molecule has 0 saturated heterocycles. The summed E-state index contributed by atoms with van der Waals surface area (Å²) in [6.45, 7) is 2.99. The Balaban J connectivity index is 1.95. The number of aromatic nitrogens is 2. The van der Waals surface area contributed by atoms with E-state index in [9.17, 15) is 0 Å². The number of rotatable bonds is 4. The Morgan fingerprint density at radius 3 is 2.71 bits per heavy atom. The largest absolute Gasteiger partial charge is 0.369 e. The number of hydrogen-bond donors (Lipinski definition) is 1. The van der Waals surface area contributed by atoms with Gasteiger partial charge in [-0.25, -0.2) is 9.97 Å². The molecule has 0 aliphatic carbocycles. The lowest BCUT2D eigenvalue weighted by atomic mass is 10.0. The summed E-state index contributed by atoms with van der Waals surface area (Å²) in [6.07, 6.45) is 1.46. The smallest absolute Gasteiger partial charge is 0.134 e. The van der Waals surface area contributed by atoms with Crippen molar-refractivity contribution in [2.75, 3.05) is 11.9 Å². The van der Waals surface area contributed by atoms with Gasteiger partial charge in [-0.15, -0.1) is 0 Å². The predicted molar refractivity (Wildman–Crippen MR) is 70.4 cm³/mol. The van der Waals surface area contributed by atoms with Crippen LogP contribution in [0.4, 0.5) is 5.82 Å². The van der Waals surface area contributed by atoms with Gasteiger partial charge in [0.1, 0.15) is 17.3 Å². The normalized spacial score (nSPS) is 12.1. The molecule has 2 rings (SSSR count). The first kappa shape index (κ1) is 11.9. The van der Waals surface area contributed by atoms with Crippen LogP contribution in [0, 0.1) is 0 Å². The Morgan fingerprint density at radius 2 is 2.00 bits per heavy atom. The molecule has 1 N–H and O–H groups in total. The van der Waals surface area contributed by atoms with Crippen molar-refractivity contribution in [2.24, 2.45) is 0 Å². The minimum absolute atomic E-state index is 0.421. The second kappa shape index (κ2) is 5.64. The second-order valence-electron chi connectivity index (χ2n) is 3.92. The molecule has 0 spiro atoms. The fourth-order valence-corrected chi connectivity index (χ4v) is 1.73. The zero-order chi connectivity index (χ0) is 12.1. The van der Waals surface area contributed by atoms with Gasteiger partial charge in [0.15, 0.2) is 0 Å². The number of nitrogens with one attached hydrogen (secondary N) is 1. The van der Waals surface area contributed by atoms with Crippen LogP contribution >= 0.6 is 11.6 Å². The van der Waals surface area contributed by atoms with Gasteiger partial charge in [-0.1, -0.05) is 48.9 Å². The number of halogens is 1. The molecule has 4 heteroatoms. The van der Waals surface area contributed by atoms with Gasteiger partial charge in [0.2, 0.25) is 0 Å². The summed E-state index contributed by atoms with van der Waals surface area (Å²) >= 11 is 5.79. The molecular weight excluding hydrogens is 234 g/mol. The van der Waals surface area contributed by atoms with Crippen molar-refractivity contribution in [3.63, 3.8) is 0 Å². The first-order chi connectivity index (χ1) is 8.25. The zero-order valence-electron chi connectivity index (χ0n) is 9.60. The SMILES string of the molecule is CC(CNc1cc(Cl)ncn1)c1ccccc1. The van der Waals surface area contributed by atoms with E-state index in [0.29, 0.717) is 11.1 Å². The van der Waals surface area contributed by atoms with E-state index in [4.69, 9.17) is 11.6 Å². The minimum atomic E-state index is 0.421. The van der Waals surface area contributed by atoms with E-state index in [0.717, 1.165) is 12.4 Å². The van der Waals surface area contributed by atoms with Crippen LogP contribution in [0.5, 0.6) is 0 Å². The summed E-state index contributed by atoms with van der Waals surface area (Å²) in [5.41, 5.74) is 1.31. The summed E-state index contributed by atoms with van der Waals surface area (Å²) < 4.78 is 0. The monoisotopic (exact) mass is 247 g/mol. The van der Waals surface area contributed by atoms with Crippen molar-refractivity contribution < 1.29 is 0 Å². The van der Waals surface area contributed by atoms with Crippen molar-refractivity contribution in [1.82, 2.24) is 9.97 Å². The maximum Gasteiger partial charge on any atom is 0.134 e. The first-order valence-electron chi connectivity index (χ1n) is 5.52. The van der Waals surface area contributed by atoms with E-state index in [1.807, 2.05) is 18.2 Å². The van der Waals surface area contributed by atoms with Crippen molar-refractivity contribution in [3.8, 4) is 0 Å². The summed E-state index contributed by atoms with van der Waals surface area (Å²) in [4.78, 5) is 7.94. The van der Waals surface area contributed by atoms with Crippen LogP contribution in [0.15, 0.2) is 42.7 Å². The van der Waals surface area contributed by atoms with Crippen LogP contribution in [0.3, 0.4) is 0 Å². The molecule has 0 radical (unpaired) electrons. The van der Waals surface area contributed by atoms with Gasteiger partial charge in [-0.3, -0.25) is 0 Å². The van der Waals surface area contributed by atoms with Crippen molar-refractivity contribution in [1.29, 1.82) is 0 Å². The van der Waals surface area contributed by atoms with Crippen molar-refractivity contribution in [2.45, 2.75) is 12.8 Å². The van der Waals surface area contributed by atoms with Crippen molar-refractivity contribution >= 4 is 17.4 Å². The van der Waals surface area contributed by atoms with Crippen molar-refractivity contribution in [3.05, 3.63) is 53.4 Å². The van der Waals surface area contributed by atoms with Gasteiger partial charge in [-0.2, -0.15) is 0 Å². The molecule has 1 heterocycles. The Labute approximate surface area is 106 Å². The van der Waals surface area contributed by atoms with Crippen LogP contribution in [0.25, 0.3) is 0 Å². The molecule has 0 fully saturated rings. The van der Waals surface area contributed by atoms with Gasteiger partial charge in [-0.05, 0) is 11.5 Å². The molecule has 3 nitrogen and oxygen atoms in total. The average molecular weight is 248 g/mol. The highest BCUT2D eigenvalue weighted by Crippen LogP contribution is 2.16. The van der Waals surface area contributed by atoms with Gasteiger partial charge in [0.05, 0.1) is 0 Å². The molecule has 0 aliphatic heterocycles. The predicted octanol–water partition coefficient (Wildman–Crippen LogP) is 3.35. The Hall–Kier alpha value is -1.61. The van der Waals surface area contributed by atoms with E-state index >= 15 is 0 Å². The summed E-state index contributed by atoms with van der Waals surface area (Å²) in [5.74, 6) is 1.18. The third-order valence-corrected chi connectivity index (χ3v) is 2.80. The molecule has 0 saturated carbocycles.